The van der Waals surface area contributed by atoms with Crippen molar-refractivity contribution >= 4 is 17.3 Å². The van der Waals surface area contributed by atoms with Gasteiger partial charge in [-0.05, 0) is 57.0 Å². The minimum absolute atomic E-state index is 0.0754. The molecule has 2 aromatic carbocycles. The molecule has 0 radical (unpaired) electrons. The van der Waals surface area contributed by atoms with Gasteiger partial charge in [-0.15, -0.1) is 0 Å². The standard InChI is InChI=1S/C23H30N2O/c1-7-17(3)19(5)25(6,8-2)22-15-14-20(16-18(22)4)23(26)24-21-12-10-9-11-13-21/h9-16H,7-8H2,1-6H3/p+1. The predicted octanol–water partition coefficient (Wildman–Crippen LogP) is 5.91. The predicted molar refractivity (Wildman–Crippen MR) is 112 cm³/mol. The first-order valence-corrected chi connectivity index (χ1v) is 9.33. The maximum absolute atomic E-state index is 12.6. The normalized spacial score (nSPS) is 14.4. The number of nitrogens with zero attached hydrogens (tertiary/aromatic N) is 1. The summed E-state index contributed by atoms with van der Waals surface area (Å²) >= 11 is 0. The quantitative estimate of drug-likeness (QED) is 0.644. The number of carbonyl (C=O) groups is 1. The van der Waals surface area contributed by atoms with Gasteiger partial charge >= 0.3 is 0 Å². The first kappa shape index (κ1) is 19.9. The number of nitrogens with one attached hydrogen (secondary N) is 1. The number of aryl methyl sites for hydroxylation is 1. The van der Waals surface area contributed by atoms with Crippen molar-refractivity contribution in [1.29, 1.82) is 0 Å². The molecular weight excluding hydrogens is 320 g/mol. The Hall–Kier alpha value is -2.39. The van der Waals surface area contributed by atoms with Gasteiger partial charge in [-0.1, -0.05) is 25.1 Å². The van der Waals surface area contributed by atoms with Gasteiger partial charge in [0.1, 0.15) is 11.4 Å². The van der Waals surface area contributed by atoms with Gasteiger partial charge in [0.15, 0.2) is 0 Å². The minimum Gasteiger partial charge on any atom is -0.322 e. The Labute approximate surface area is 157 Å². The van der Waals surface area contributed by atoms with Crippen LogP contribution in [0, 0.1) is 6.92 Å². The van der Waals surface area contributed by atoms with Gasteiger partial charge in [-0.3, -0.25) is 9.28 Å². The Kier molecular flexibility index (Phi) is 6.38. The van der Waals surface area contributed by atoms with Crippen molar-refractivity contribution in [2.75, 3.05) is 18.9 Å². The lowest BCUT2D eigenvalue weighted by atomic mass is 10.0. The van der Waals surface area contributed by atoms with Crippen LogP contribution in [0.5, 0.6) is 0 Å². The number of carbonyl (C=O) groups excluding carboxylic acids is 1. The monoisotopic (exact) mass is 351 g/mol. The van der Waals surface area contributed by atoms with E-state index in [1.807, 2.05) is 42.5 Å². The lowest BCUT2D eigenvalue weighted by molar-refractivity contribution is 0.102. The smallest absolute Gasteiger partial charge is 0.255 e. The van der Waals surface area contributed by atoms with Gasteiger partial charge in [0.25, 0.3) is 5.91 Å². The summed E-state index contributed by atoms with van der Waals surface area (Å²) in [4.78, 5) is 12.6. The molecule has 3 nitrogen and oxygen atoms in total. The van der Waals surface area contributed by atoms with Crippen LogP contribution in [-0.2, 0) is 0 Å². The van der Waals surface area contributed by atoms with Gasteiger partial charge < -0.3 is 5.32 Å². The Bertz CT molecular complexity index is 808. The maximum Gasteiger partial charge on any atom is 0.255 e. The van der Waals surface area contributed by atoms with E-state index in [1.165, 1.54) is 17.0 Å². The first-order valence-electron chi connectivity index (χ1n) is 9.33. The summed E-state index contributed by atoms with van der Waals surface area (Å²) in [5.74, 6) is -0.0754. The zero-order valence-corrected chi connectivity index (χ0v) is 16.9. The third-order valence-corrected chi connectivity index (χ3v) is 5.54. The molecule has 0 aliphatic rings. The van der Waals surface area contributed by atoms with Crippen LogP contribution in [0.4, 0.5) is 11.4 Å². The lowest BCUT2D eigenvalue weighted by Crippen LogP contribution is -2.44. The highest BCUT2D eigenvalue weighted by Gasteiger charge is 2.29. The van der Waals surface area contributed by atoms with Crippen LogP contribution in [0.1, 0.15) is 50.0 Å². The van der Waals surface area contributed by atoms with E-state index >= 15 is 0 Å². The Morgan fingerprint density at radius 3 is 2.23 bits per heavy atom. The summed E-state index contributed by atoms with van der Waals surface area (Å²) in [7, 11) is 2.25. The largest absolute Gasteiger partial charge is 0.322 e. The third kappa shape index (κ3) is 4.05. The van der Waals surface area contributed by atoms with Gasteiger partial charge in [-0.2, -0.15) is 0 Å². The molecular formula is C23H31N2O+. The zero-order valence-electron chi connectivity index (χ0n) is 16.9. The molecule has 0 saturated carbocycles. The number of hydrogen-bond acceptors (Lipinski definition) is 1. The highest BCUT2D eigenvalue weighted by molar-refractivity contribution is 6.04. The zero-order chi connectivity index (χ0) is 19.3. The molecule has 138 valence electrons. The van der Waals surface area contributed by atoms with Crippen molar-refractivity contribution < 1.29 is 4.79 Å². The molecule has 0 fully saturated rings. The van der Waals surface area contributed by atoms with Crippen molar-refractivity contribution in [3.8, 4) is 0 Å². The second kappa shape index (κ2) is 8.33. The lowest BCUT2D eigenvalue weighted by Gasteiger charge is -2.35. The first-order chi connectivity index (χ1) is 12.3. The van der Waals surface area contributed by atoms with Gasteiger partial charge in [-0.25, -0.2) is 0 Å². The van der Waals surface area contributed by atoms with Crippen LogP contribution in [0.2, 0.25) is 0 Å². The van der Waals surface area contributed by atoms with Crippen LogP contribution in [-0.4, -0.2) is 19.5 Å². The Morgan fingerprint density at radius 2 is 1.69 bits per heavy atom. The molecule has 26 heavy (non-hydrogen) atoms. The van der Waals surface area contributed by atoms with Gasteiger partial charge in [0.05, 0.1) is 13.6 Å². The van der Waals surface area contributed by atoms with E-state index in [9.17, 15) is 4.79 Å². The van der Waals surface area contributed by atoms with Crippen molar-refractivity contribution in [3.63, 3.8) is 0 Å². The number of hydrogen-bond donors (Lipinski definition) is 1. The number of anilines is 1. The fourth-order valence-electron chi connectivity index (χ4n) is 3.34. The fourth-order valence-corrected chi connectivity index (χ4v) is 3.34. The molecule has 0 heterocycles. The SMILES string of the molecule is CCC(C)=C(C)[N+](C)(CC)c1ccc(C(=O)Nc2ccccc2)cc1C. The van der Waals surface area contributed by atoms with Crippen LogP contribution in [0.3, 0.4) is 0 Å². The number of benzene rings is 2. The Balaban J connectivity index is 2.35. The fraction of sp³-hybridized carbons (Fsp3) is 0.348. The summed E-state index contributed by atoms with van der Waals surface area (Å²) < 4.78 is 0.770. The summed E-state index contributed by atoms with van der Waals surface area (Å²) in [6, 6.07) is 15.6. The molecule has 0 spiro atoms. The van der Waals surface area contributed by atoms with E-state index in [-0.39, 0.29) is 5.91 Å². The average Bonchev–Trinajstić information content (AvgIpc) is 2.66. The average molecular weight is 352 g/mol. The molecule has 3 heteroatoms. The molecule has 2 rings (SSSR count). The summed E-state index contributed by atoms with van der Waals surface area (Å²) in [5, 5.41) is 2.95. The topological polar surface area (TPSA) is 29.1 Å². The molecule has 1 amide bonds. The van der Waals surface area contributed by atoms with Crippen molar-refractivity contribution in [3.05, 3.63) is 70.9 Å². The van der Waals surface area contributed by atoms with E-state index < -0.39 is 0 Å². The highest BCUT2D eigenvalue weighted by Crippen LogP contribution is 2.32. The molecule has 0 aliphatic carbocycles. The maximum atomic E-state index is 12.6. The molecule has 2 aromatic rings. The van der Waals surface area contributed by atoms with E-state index in [0.29, 0.717) is 5.56 Å². The van der Waals surface area contributed by atoms with Crippen LogP contribution < -0.4 is 9.80 Å². The van der Waals surface area contributed by atoms with E-state index in [2.05, 4.69) is 53.0 Å². The van der Waals surface area contributed by atoms with E-state index in [1.54, 1.807) is 0 Å². The molecule has 0 saturated heterocycles. The number of para-hydroxylation sites is 1. The molecule has 1 atom stereocenters. The summed E-state index contributed by atoms with van der Waals surface area (Å²) in [6.07, 6.45) is 1.05. The van der Waals surface area contributed by atoms with Gasteiger partial charge in [0, 0.05) is 29.8 Å². The molecule has 1 unspecified atom stereocenters. The third-order valence-electron chi connectivity index (χ3n) is 5.54. The van der Waals surface area contributed by atoms with E-state index in [0.717, 1.165) is 28.7 Å². The Morgan fingerprint density at radius 1 is 1.04 bits per heavy atom. The number of amides is 1. The van der Waals surface area contributed by atoms with Gasteiger partial charge in [0.2, 0.25) is 0 Å². The van der Waals surface area contributed by atoms with Crippen molar-refractivity contribution in [2.45, 2.75) is 41.0 Å². The second-order valence-corrected chi connectivity index (χ2v) is 7.05. The molecule has 0 aliphatic heterocycles. The van der Waals surface area contributed by atoms with E-state index in [4.69, 9.17) is 0 Å². The summed E-state index contributed by atoms with van der Waals surface area (Å²) in [6.45, 7) is 11.9. The van der Waals surface area contributed by atoms with Crippen LogP contribution in [0.25, 0.3) is 0 Å². The van der Waals surface area contributed by atoms with Crippen LogP contribution >= 0.6 is 0 Å². The second-order valence-electron chi connectivity index (χ2n) is 7.05. The highest BCUT2D eigenvalue weighted by atomic mass is 16.1. The number of quaternary nitrogens is 1. The molecule has 1 N–H and O–H groups in total. The molecule has 0 bridgehead atoms. The summed E-state index contributed by atoms with van der Waals surface area (Å²) in [5.41, 5.74) is 6.67. The minimum atomic E-state index is -0.0754. The van der Waals surface area contributed by atoms with Crippen LogP contribution in [0.15, 0.2) is 59.8 Å². The molecule has 0 aromatic heterocycles. The van der Waals surface area contributed by atoms with Crippen molar-refractivity contribution in [1.82, 2.24) is 4.48 Å². The number of rotatable bonds is 6. The van der Waals surface area contributed by atoms with Crippen molar-refractivity contribution in [2.24, 2.45) is 0 Å². The number of allylic oxidation sites excluding steroid dienone is 2.